The lowest BCUT2D eigenvalue weighted by molar-refractivity contribution is -0.139. The second-order valence-electron chi connectivity index (χ2n) is 9.48. The molecule has 4 rings (SSSR count). The van der Waals surface area contributed by atoms with Crippen molar-refractivity contribution in [2.45, 2.75) is 58.0 Å². The van der Waals surface area contributed by atoms with Crippen LogP contribution in [0.25, 0.3) is 0 Å². The highest BCUT2D eigenvalue weighted by molar-refractivity contribution is 5.68. The number of anilines is 1. The van der Waals surface area contributed by atoms with Crippen molar-refractivity contribution in [2.24, 2.45) is 0 Å². The van der Waals surface area contributed by atoms with Gasteiger partial charge in [0.25, 0.3) is 0 Å². The Labute approximate surface area is 201 Å². The van der Waals surface area contributed by atoms with Gasteiger partial charge >= 0.3 is 12.3 Å². The van der Waals surface area contributed by atoms with Crippen LogP contribution in [0.4, 0.5) is 23.7 Å². The van der Waals surface area contributed by atoms with Crippen molar-refractivity contribution >= 4 is 11.8 Å². The van der Waals surface area contributed by atoms with Gasteiger partial charge in [-0.25, -0.2) is 19.7 Å². The van der Waals surface area contributed by atoms with Gasteiger partial charge in [0.05, 0.1) is 43.3 Å². The number of fused-ring (bicyclic) bond motifs is 1. The molecule has 0 spiro atoms. The lowest BCUT2D eigenvalue weighted by atomic mass is 10.1. The maximum absolute atomic E-state index is 13.5. The Morgan fingerprint density at radius 1 is 1.11 bits per heavy atom. The summed E-state index contributed by atoms with van der Waals surface area (Å²) < 4.78 is 56.8. The first-order valence-corrected chi connectivity index (χ1v) is 11.3. The Morgan fingerprint density at radius 3 is 2.57 bits per heavy atom. The lowest BCUT2D eigenvalue weighted by Crippen LogP contribution is -2.36. The number of alkyl halides is 3. The van der Waals surface area contributed by atoms with Crippen LogP contribution in [0.2, 0.25) is 0 Å². The molecule has 0 saturated carbocycles. The number of pyridine rings is 1. The molecule has 9 nitrogen and oxygen atoms in total. The largest absolute Gasteiger partial charge is 0.481 e. The van der Waals surface area contributed by atoms with Gasteiger partial charge in [-0.05, 0) is 26.8 Å². The molecule has 0 aliphatic carbocycles. The summed E-state index contributed by atoms with van der Waals surface area (Å²) in [5.74, 6) is -0.102. The van der Waals surface area contributed by atoms with Crippen LogP contribution in [0.3, 0.4) is 0 Å². The number of ether oxygens (including phenoxy) is 3. The number of carbonyl (C=O) groups is 1. The molecular formula is C23H28F3N5O4. The van der Waals surface area contributed by atoms with Crippen molar-refractivity contribution in [2.75, 3.05) is 31.6 Å². The van der Waals surface area contributed by atoms with Crippen LogP contribution in [-0.2, 0) is 23.9 Å². The minimum atomic E-state index is -4.60. The Hall–Kier alpha value is -3.31. The molecule has 1 saturated heterocycles. The third-order valence-electron chi connectivity index (χ3n) is 5.74. The van der Waals surface area contributed by atoms with Crippen LogP contribution in [-0.4, -0.2) is 64.4 Å². The number of halogens is 3. The topological polar surface area (TPSA) is 89.9 Å². The van der Waals surface area contributed by atoms with E-state index in [0.29, 0.717) is 49.6 Å². The van der Waals surface area contributed by atoms with E-state index in [0.717, 1.165) is 18.9 Å². The van der Waals surface area contributed by atoms with Crippen molar-refractivity contribution < 1.29 is 32.2 Å². The van der Waals surface area contributed by atoms with Gasteiger partial charge in [0, 0.05) is 25.9 Å². The standard InChI is InChI=1S/C23H28F3N5O4/c1-22(2,3)35-21(32)31-7-5-15(11-31)34-19-16-12-30(8-6-18(16)28-13-29-19)14-9-17(23(24,25)26)20(33-4)27-10-14/h9-10,13,15H,5-8,11-12H2,1-4H3/t15-/m0/s1. The smallest absolute Gasteiger partial charge is 0.421 e. The van der Waals surface area contributed by atoms with Crippen LogP contribution in [0.1, 0.15) is 44.0 Å². The van der Waals surface area contributed by atoms with E-state index in [9.17, 15) is 18.0 Å². The molecule has 1 amide bonds. The summed E-state index contributed by atoms with van der Waals surface area (Å²) in [6.07, 6.45) is -1.37. The molecule has 1 fully saturated rings. The average molecular weight is 496 g/mol. The van der Waals surface area contributed by atoms with Gasteiger partial charge in [0.1, 0.15) is 23.6 Å². The number of carbonyl (C=O) groups excluding carboxylic acids is 1. The van der Waals surface area contributed by atoms with Gasteiger partial charge in [-0.15, -0.1) is 0 Å². The Balaban J connectivity index is 1.50. The van der Waals surface area contributed by atoms with Crippen molar-refractivity contribution in [3.8, 4) is 11.8 Å². The number of amides is 1. The first-order chi connectivity index (χ1) is 16.4. The van der Waals surface area contributed by atoms with E-state index in [1.54, 1.807) is 9.80 Å². The number of methoxy groups -OCH3 is 1. The summed E-state index contributed by atoms with van der Waals surface area (Å²) in [6, 6.07) is 1.04. The van der Waals surface area contributed by atoms with Crippen LogP contribution in [0, 0.1) is 0 Å². The molecule has 0 N–H and O–H groups in total. The lowest BCUT2D eigenvalue weighted by Gasteiger charge is -2.31. The molecule has 190 valence electrons. The molecule has 35 heavy (non-hydrogen) atoms. The average Bonchev–Trinajstić information content (AvgIpc) is 3.26. The maximum Gasteiger partial charge on any atom is 0.421 e. The van der Waals surface area contributed by atoms with Crippen molar-refractivity contribution in [3.05, 3.63) is 35.4 Å². The predicted octanol–water partition coefficient (Wildman–Crippen LogP) is 3.85. The fourth-order valence-electron chi connectivity index (χ4n) is 4.09. The molecule has 1 atom stereocenters. The molecule has 0 radical (unpaired) electrons. The number of aromatic nitrogens is 3. The molecule has 2 aliphatic heterocycles. The van der Waals surface area contributed by atoms with Crippen LogP contribution >= 0.6 is 0 Å². The molecule has 2 aliphatic rings. The summed E-state index contributed by atoms with van der Waals surface area (Å²) in [5.41, 5.74) is 0.283. The monoisotopic (exact) mass is 495 g/mol. The normalized spacial score (nSPS) is 18.3. The zero-order chi connectivity index (χ0) is 25.4. The Morgan fingerprint density at radius 2 is 1.89 bits per heavy atom. The SMILES string of the molecule is COc1ncc(N2CCc3ncnc(O[C@H]4CCN(C(=O)OC(C)(C)C)C4)c3C2)cc1C(F)(F)F. The number of rotatable bonds is 4. The van der Waals surface area contributed by atoms with E-state index < -0.39 is 29.3 Å². The van der Waals surface area contributed by atoms with Crippen molar-refractivity contribution in [1.29, 1.82) is 0 Å². The highest BCUT2D eigenvalue weighted by Gasteiger charge is 2.37. The number of likely N-dealkylation sites (tertiary alicyclic amines) is 1. The summed E-state index contributed by atoms with van der Waals surface area (Å²) in [7, 11) is 1.16. The van der Waals surface area contributed by atoms with Gasteiger partial charge in [-0.2, -0.15) is 13.2 Å². The quantitative estimate of drug-likeness (QED) is 0.632. The van der Waals surface area contributed by atoms with E-state index >= 15 is 0 Å². The Bertz CT molecular complexity index is 1090. The molecule has 0 bridgehead atoms. The van der Waals surface area contributed by atoms with Gasteiger partial charge in [0.15, 0.2) is 0 Å². The van der Waals surface area contributed by atoms with E-state index in [1.165, 1.54) is 12.5 Å². The van der Waals surface area contributed by atoms with Crippen LogP contribution < -0.4 is 14.4 Å². The highest BCUT2D eigenvalue weighted by atomic mass is 19.4. The van der Waals surface area contributed by atoms with E-state index in [1.807, 2.05) is 20.8 Å². The number of hydrogen-bond donors (Lipinski definition) is 0. The van der Waals surface area contributed by atoms with E-state index in [4.69, 9.17) is 14.2 Å². The van der Waals surface area contributed by atoms with E-state index in [-0.39, 0.29) is 12.6 Å². The predicted molar refractivity (Wildman–Crippen MR) is 119 cm³/mol. The third-order valence-corrected chi connectivity index (χ3v) is 5.74. The molecule has 2 aromatic rings. The summed E-state index contributed by atoms with van der Waals surface area (Å²) in [4.78, 5) is 28.2. The number of hydrogen-bond acceptors (Lipinski definition) is 8. The summed E-state index contributed by atoms with van der Waals surface area (Å²) in [6.45, 7) is 7.01. The molecular weight excluding hydrogens is 467 g/mol. The van der Waals surface area contributed by atoms with Gasteiger partial charge in [0.2, 0.25) is 11.8 Å². The van der Waals surface area contributed by atoms with Crippen molar-refractivity contribution in [3.63, 3.8) is 0 Å². The van der Waals surface area contributed by atoms with Crippen LogP contribution in [0.15, 0.2) is 18.6 Å². The number of nitrogens with zero attached hydrogens (tertiary/aromatic N) is 5. The van der Waals surface area contributed by atoms with Gasteiger partial charge in [-0.3, -0.25) is 0 Å². The minimum Gasteiger partial charge on any atom is -0.481 e. The molecule has 0 unspecified atom stereocenters. The zero-order valence-corrected chi connectivity index (χ0v) is 20.1. The second-order valence-corrected chi connectivity index (χ2v) is 9.48. The minimum absolute atomic E-state index is 0.263. The van der Waals surface area contributed by atoms with Gasteiger partial charge in [-0.1, -0.05) is 0 Å². The Kier molecular flexibility index (Phi) is 6.65. The maximum atomic E-state index is 13.5. The molecule has 0 aromatic carbocycles. The molecule has 2 aromatic heterocycles. The first-order valence-electron chi connectivity index (χ1n) is 11.3. The van der Waals surface area contributed by atoms with Gasteiger partial charge < -0.3 is 24.0 Å². The molecule has 12 heteroatoms. The highest BCUT2D eigenvalue weighted by Crippen LogP contribution is 2.38. The first kappa shape index (κ1) is 24.8. The van der Waals surface area contributed by atoms with Crippen LogP contribution in [0.5, 0.6) is 11.8 Å². The fourth-order valence-corrected chi connectivity index (χ4v) is 4.09. The molecule has 4 heterocycles. The van der Waals surface area contributed by atoms with Crippen molar-refractivity contribution in [1.82, 2.24) is 19.9 Å². The fraction of sp³-hybridized carbons (Fsp3) is 0.565. The summed E-state index contributed by atoms with van der Waals surface area (Å²) in [5, 5.41) is 0. The van der Waals surface area contributed by atoms with E-state index in [2.05, 4.69) is 15.0 Å². The zero-order valence-electron chi connectivity index (χ0n) is 20.1. The summed E-state index contributed by atoms with van der Waals surface area (Å²) >= 11 is 0. The third kappa shape index (κ3) is 5.68. The second kappa shape index (κ2) is 9.38.